The minimum atomic E-state index is -5.08. The molecule has 0 saturated carbocycles. The number of carbonyl (C=O) groups is 2. The molecule has 212 valence electrons. The molecule has 0 radical (unpaired) electrons. The highest BCUT2D eigenvalue weighted by Gasteiger charge is 2.40. The van der Waals surface area contributed by atoms with Crippen molar-refractivity contribution in [3.63, 3.8) is 0 Å². The molecule has 4 heterocycles. The average molecular weight is 572 g/mol. The average Bonchev–Trinajstić information content (AvgIpc) is 3.34. The number of pyridine rings is 1. The highest BCUT2D eigenvalue weighted by Crippen LogP contribution is 2.31. The molecular weight excluding hydrogens is 544 g/mol. The number of nitrogens with zero attached hydrogens (tertiary/aromatic N) is 3. The van der Waals surface area contributed by atoms with Crippen molar-refractivity contribution in [3.05, 3.63) is 52.5 Å². The molecule has 2 aromatic rings. The third kappa shape index (κ3) is 10.9. The van der Waals surface area contributed by atoms with E-state index < -0.39 is 24.3 Å². The monoisotopic (exact) mass is 571 g/mol. The summed E-state index contributed by atoms with van der Waals surface area (Å²) in [5.74, 6) is -5.51. The lowest BCUT2D eigenvalue weighted by atomic mass is 9.89. The summed E-state index contributed by atoms with van der Waals surface area (Å²) in [5.41, 5.74) is 2.65. The molecule has 2 aliphatic rings. The zero-order chi connectivity index (χ0) is 28.4. The van der Waals surface area contributed by atoms with Crippen molar-refractivity contribution in [1.29, 1.82) is 0 Å². The Hall–Kier alpha value is -2.75. The fourth-order valence-corrected chi connectivity index (χ4v) is 4.50. The first kappa shape index (κ1) is 31.5. The predicted octanol–water partition coefficient (Wildman–Crippen LogP) is 4.28. The van der Waals surface area contributed by atoms with Crippen LogP contribution in [0.2, 0.25) is 0 Å². The highest BCUT2D eigenvalue weighted by molar-refractivity contribution is 7.07. The van der Waals surface area contributed by atoms with Gasteiger partial charge in [-0.15, -0.1) is 0 Å². The van der Waals surface area contributed by atoms with Crippen LogP contribution in [0.25, 0.3) is 0 Å². The maximum absolute atomic E-state index is 10.6. The van der Waals surface area contributed by atoms with Gasteiger partial charge in [0.25, 0.3) is 0 Å². The van der Waals surface area contributed by atoms with Gasteiger partial charge in [-0.05, 0) is 47.4 Å². The number of morpholine rings is 1. The van der Waals surface area contributed by atoms with Gasteiger partial charge in [0.15, 0.2) is 0 Å². The van der Waals surface area contributed by atoms with Crippen LogP contribution in [-0.4, -0.2) is 87.7 Å². The van der Waals surface area contributed by atoms with E-state index in [4.69, 9.17) is 24.5 Å². The lowest BCUT2D eigenvalue weighted by molar-refractivity contribution is -0.193. The van der Waals surface area contributed by atoms with Crippen LogP contribution in [0, 0.1) is 0 Å². The number of aromatic nitrogens is 1. The van der Waals surface area contributed by atoms with Gasteiger partial charge in [-0.25, -0.2) is 9.59 Å². The Morgan fingerprint density at radius 1 is 0.947 bits per heavy atom. The van der Waals surface area contributed by atoms with Crippen LogP contribution < -0.4 is 0 Å². The Balaban J connectivity index is 0.000000301. The number of hydrogen-bond acceptors (Lipinski definition) is 7. The fraction of sp³-hybridized carbons (Fsp3) is 0.522. The van der Waals surface area contributed by atoms with E-state index in [1.54, 1.807) is 11.3 Å². The van der Waals surface area contributed by atoms with E-state index in [0.29, 0.717) is 0 Å². The van der Waals surface area contributed by atoms with Gasteiger partial charge in [0.2, 0.25) is 0 Å². The number of thiophene rings is 1. The van der Waals surface area contributed by atoms with Gasteiger partial charge in [-0.1, -0.05) is 6.07 Å². The van der Waals surface area contributed by atoms with E-state index in [9.17, 15) is 26.3 Å². The molecule has 8 nitrogen and oxygen atoms in total. The maximum atomic E-state index is 10.6. The number of rotatable bonds is 4. The Kier molecular flexibility index (Phi) is 11.5. The minimum absolute atomic E-state index is 0.0537. The molecule has 38 heavy (non-hydrogen) atoms. The third-order valence-corrected chi connectivity index (χ3v) is 6.41. The van der Waals surface area contributed by atoms with Crippen LogP contribution in [0.3, 0.4) is 0 Å². The first-order chi connectivity index (χ1) is 17.7. The lowest BCUT2D eigenvalue weighted by Crippen LogP contribution is -2.56. The largest absolute Gasteiger partial charge is 0.490 e. The molecule has 0 aromatic carbocycles. The van der Waals surface area contributed by atoms with E-state index in [0.717, 1.165) is 64.4 Å². The Bertz CT molecular complexity index is 973. The zero-order valence-electron chi connectivity index (χ0n) is 20.0. The second-order valence-electron chi connectivity index (χ2n) is 8.58. The Morgan fingerprint density at radius 2 is 1.55 bits per heavy atom. The topological polar surface area (TPSA) is 103 Å². The molecule has 0 aliphatic carbocycles. The maximum Gasteiger partial charge on any atom is 0.490 e. The van der Waals surface area contributed by atoms with Crippen LogP contribution in [-0.2, 0) is 27.4 Å². The molecule has 2 saturated heterocycles. The quantitative estimate of drug-likeness (QED) is 0.525. The molecular formula is C23H27F6N3O5S. The van der Waals surface area contributed by atoms with Gasteiger partial charge in [-0.3, -0.25) is 14.8 Å². The van der Waals surface area contributed by atoms with Crippen molar-refractivity contribution < 1.29 is 50.9 Å². The van der Waals surface area contributed by atoms with Crippen LogP contribution in [0.15, 0.2) is 41.2 Å². The van der Waals surface area contributed by atoms with Crippen molar-refractivity contribution in [2.75, 3.05) is 32.8 Å². The second kappa shape index (κ2) is 13.9. The van der Waals surface area contributed by atoms with Gasteiger partial charge in [0, 0.05) is 45.5 Å². The summed E-state index contributed by atoms with van der Waals surface area (Å²) in [6.45, 7) is 7.17. The molecule has 1 spiro atoms. The van der Waals surface area contributed by atoms with E-state index >= 15 is 0 Å². The van der Waals surface area contributed by atoms with Gasteiger partial charge in [0.1, 0.15) is 0 Å². The smallest absolute Gasteiger partial charge is 0.475 e. The highest BCUT2D eigenvalue weighted by atomic mass is 32.1. The summed E-state index contributed by atoms with van der Waals surface area (Å²) in [4.78, 5) is 27.3. The molecule has 2 fully saturated rings. The summed E-state index contributed by atoms with van der Waals surface area (Å²) < 4.78 is 69.7. The van der Waals surface area contributed by atoms with Crippen molar-refractivity contribution in [2.45, 2.75) is 43.9 Å². The number of likely N-dealkylation sites (tertiary alicyclic amines) is 1. The molecule has 0 unspecified atom stereocenters. The second-order valence-corrected chi connectivity index (χ2v) is 9.36. The Labute approximate surface area is 218 Å². The van der Waals surface area contributed by atoms with Crippen molar-refractivity contribution >= 4 is 23.3 Å². The minimum Gasteiger partial charge on any atom is -0.475 e. The number of halogens is 6. The summed E-state index contributed by atoms with van der Waals surface area (Å²) in [5, 5.41) is 18.7. The lowest BCUT2D eigenvalue weighted by Gasteiger charge is -2.47. The molecule has 0 amide bonds. The standard InChI is InChI=1S/C19H25N3OS.2C2HF3O2/c1-2-7-20-18(3-1)14-22-10-11-23-19(16-22)5-8-21(9-6-19)13-17-4-12-24-15-17;2*3-2(4,5)1(6)7/h1-4,7,12,15H,5-6,8-11,13-14,16H2;2*(H,6,7). The van der Waals surface area contributed by atoms with Gasteiger partial charge >= 0.3 is 24.3 Å². The zero-order valence-corrected chi connectivity index (χ0v) is 20.9. The van der Waals surface area contributed by atoms with E-state index in [2.05, 4.69) is 43.7 Å². The summed E-state index contributed by atoms with van der Waals surface area (Å²) in [7, 11) is 0. The van der Waals surface area contributed by atoms with Gasteiger partial charge in [-0.2, -0.15) is 37.7 Å². The molecule has 4 rings (SSSR count). The number of hydrogen-bond donors (Lipinski definition) is 2. The normalized spacial score (nSPS) is 18.1. The van der Waals surface area contributed by atoms with Crippen LogP contribution in [0.1, 0.15) is 24.1 Å². The number of alkyl halides is 6. The number of piperidine rings is 1. The fourth-order valence-electron chi connectivity index (χ4n) is 3.84. The first-order valence-electron chi connectivity index (χ1n) is 11.3. The van der Waals surface area contributed by atoms with Crippen molar-refractivity contribution in [2.24, 2.45) is 0 Å². The molecule has 2 aromatic heterocycles. The van der Waals surface area contributed by atoms with Crippen molar-refractivity contribution in [1.82, 2.24) is 14.8 Å². The number of ether oxygens (including phenoxy) is 1. The van der Waals surface area contributed by atoms with Crippen LogP contribution in [0.4, 0.5) is 26.3 Å². The molecule has 0 bridgehead atoms. The molecule has 2 N–H and O–H groups in total. The molecule has 2 aliphatic heterocycles. The SMILES string of the molecule is O=C(O)C(F)(F)F.O=C(O)C(F)(F)F.c1ccc(CN2CCOC3(CCN(Cc4ccsc4)CC3)C2)nc1. The van der Waals surface area contributed by atoms with E-state index in [1.807, 2.05) is 12.3 Å². The predicted molar refractivity (Wildman–Crippen MR) is 124 cm³/mol. The number of carboxylic acid groups (broad SMARTS) is 2. The third-order valence-electron chi connectivity index (χ3n) is 5.68. The van der Waals surface area contributed by atoms with Gasteiger partial charge < -0.3 is 14.9 Å². The first-order valence-corrected chi connectivity index (χ1v) is 12.2. The number of aliphatic carboxylic acids is 2. The van der Waals surface area contributed by atoms with Crippen LogP contribution >= 0.6 is 11.3 Å². The van der Waals surface area contributed by atoms with E-state index in [-0.39, 0.29) is 5.60 Å². The number of carboxylic acids is 2. The Morgan fingerprint density at radius 3 is 2.03 bits per heavy atom. The summed E-state index contributed by atoms with van der Waals surface area (Å²) >= 11 is 1.79. The molecule has 0 atom stereocenters. The van der Waals surface area contributed by atoms with Crippen molar-refractivity contribution in [3.8, 4) is 0 Å². The summed E-state index contributed by atoms with van der Waals surface area (Å²) in [6.07, 6.45) is -6.01. The van der Waals surface area contributed by atoms with Crippen LogP contribution in [0.5, 0.6) is 0 Å². The summed E-state index contributed by atoms with van der Waals surface area (Å²) in [6, 6.07) is 8.40. The molecule has 15 heteroatoms. The van der Waals surface area contributed by atoms with Gasteiger partial charge in [0.05, 0.1) is 17.9 Å². The van der Waals surface area contributed by atoms with E-state index in [1.165, 1.54) is 5.56 Å².